The van der Waals surface area contributed by atoms with E-state index in [0.717, 1.165) is 31.4 Å². The van der Waals surface area contributed by atoms with Gasteiger partial charge >= 0.3 is 0 Å². The van der Waals surface area contributed by atoms with Crippen molar-refractivity contribution < 1.29 is 14.3 Å². The van der Waals surface area contributed by atoms with E-state index >= 15 is 0 Å². The molecule has 0 radical (unpaired) electrons. The van der Waals surface area contributed by atoms with Gasteiger partial charge in [0.2, 0.25) is 5.91 Å². The molecule has 8 nitrogen and oxygen atoms in total. The van der Waals surface area contributed by atoms with Gasteiger partial charge in [-0.05, 0) is 37.7 Å². The molecular weight excluding hydrogens is 454 g/mol. The van der Waals surface area contributed by atoms with E-state index in [1.807, 2.05) is 4.90 Å². The normalized spacial score (nSPS) is 20.2. The highest BCUT2D eigenvalue weighted by atomic mass is 35.5. The number of amides is 1. The number of pyridine rings is 2. The van der Waals surface area contributed by atoms with Crippen molar-refractivity contribution in [3.05, 3.63) is 40.8 Å². The van der Waals surface area contributed by atoms with Crippen molar-refractivity contribution in [1.29, 1.82) is 5.26 Å². The number of halogens is 1. The molecule has 2 saturated carbocycles. The first-order valence-electron chi connectivity index (χ1n) is 11.8. The zero-order valence-electron chi connectivity index (χ0n) is 19.2. The predicted octanol–water partition coefficient (Wildman–Crippen LogP) is 4.14. The number of ether oxygens (including phenoxy) is 2. The minimum absolute atomic E-state index is 0.144. The largest absolute Gasteiger partial charge is 0.455 e. The minimum atomic E-state index is 0.144. The fraction of sp³-hybridized carbons (Fsp3) is 0.520. The third-order valence-electron chi connectivity index (χ3n) is 6.73. The molecule has 2 aromatic rings. The molecule has 3 aliphatic rings. The van der Waals surface area contributed by atoms with Crippen LogP contribution in [0.15, 0.2) is 24.4 Å². The van der Waals surface area contributed by atoms with Crippen LogP contribution in [-0.2, 0) is 9.53 Å². The number of hydrogen-bond acceptors (Lipinski definition) is 7. The maximum Gasteiger partial charge on any atom is 0.225 e. The summed E-state index contributed by atoms with van der Waals surface area (Å²) in [4.78, 5) is 26.0. The molecule has 178 valence electrons. The van der Waals surface area contributed by atoms with Crippen molar-refractivity contribution >= 4 is 23.3 Å². The highest BCUT2D eigenvalue weighted by Crippen LogP contribution is 2.46. The molecule has 0 bridgehead atoms. The van der Waals surface area contributed by atoms with E-state index in [2.05, 4.69) is 16.0 Å². The fourth-order valence-electron chi connectivity index (χ4n) is 4.66. The molecule has 34 heavy (non-hydrogen) atoms. The standard InChI is InChI=1S/C25H28ClN5O3/c1-33-11-7-23(32)31-10-9-30(15-20(31)16-2-3-16)25-18(14-27)12-21(24(29-25)17-4-5-17)34-19-6-8-28-22(26)13-19/h6,8,12-13,16-17,20H,2-5,7,9-11,15H2,1H3/t20-/m0/s1. The number of carbonyl (C=O) groups excluding carboxylic acids is 1. The Kier molecular flexibility index (Phi) is 6.57. The molecule has 0 aromatic carbocycles. The summed E-state index contributed by atoms with van der Waals surface area (Å²) in [5, 5.41) is 10.3. The summed E-state index contributed by atoms with van der Waals surface area (Å²) in [5.41, 5.74) is 1.36. The van der Waals surface area contributed by atoms with Gasteiger partial charge in [0.1, 0.15) is 22.8 Å². The number of hydrogen-bond donors (Lipinski definition) is 0. The SMILES string of the molecule is COCCC(=O)N1CCN(c2nc(C3CC3)c(Oc3ccnc(Cl)c3)cc2C#N)C[C@H]1C1CC1. The van der Waals surface area contributed by atoms with Gasteiger partial charge in [-0.3, -0.25) is 4.79 Å². The lowest BCUT2D eigenvalue weighted by molar-refractivity contribution is -0.135. The molecule has 3 fully saturated rings. The molecule has 1 amide bonds. The van der Waals surface area contributed by atoms with Gasteiger partial charge < -0.3 is 19.3 Å². The second kappa shape index (κ2) is 9.77. The number of piperazine rings is 1. The van der Waals surface area contributed by atoms with Crippen LogP contribution < -0.4 is 9.64 Å². The summed E-state index contributed by atoms with van der Waals surface area (Å²) in [6, 6.07) is 7.65. The molecule has 1 atom stereocenters. The second-order valence-electron chi connectivity index (χ2n) is 9.23. The van der Waals surface area contributed by atoms with E-state index in [-0.39, 0.29) is 11.9 Å². The van der Waals surface area contributed by atoms with Gasteiger partial charge in [0, 0.05) is 51.0 Å². The summed E-state index contributed by atoms with van der Waals surface area (Å²) >= 11 is 6.02. The summed E-state index contributed by atoms with van der Waals surface area (Å²) in [7, 11) is 1.62. The minimum Gasteiger partial charge on any atom is -0.455 e. The summed E-state index contributed by atoms with van der Waals surface area (Å²) < 4.78 is 11.2. The van der Waals surface area contributed by atoms with Gasteiger partial charge in [0.05, 0.1) is 30.3 Å². The van der Waals surface area contributed by atoms with Crippen molar-refractivity contribution in [3.8, 4) is 17.6 Å². The Labute approximate surface area is 204 Å². The molecule has 0 spiro atoms. The van der Waals surface area contributed by atoms with Crippen LogP contribution in [0, 0.1) is 17.2 Å². The third-order valence-corrected chi connectivity index (χ3v) is 6.94. The molecule has 9 heteroatoms. The summed E-state index contributed by atoms with van der Waals surface area (Å²) in [6.07, 6.45) is 6.38. The lowest BCUT2D eigenvalue weighted by Gasteiger charge is -2.42. The smallest absolute Gasteiger partial charge is 0.225 e. The van der Waals surface area contributed by atoms with E-state index in [1.54, 1.807) is 31.5 Å². The first-order valence-corrected chi connectivity index (χ1v) is 12.2. The Bertz CT molecular complexity index is 1110. The number of methoxy groups -OCH3 is 1. The lowest BCUT2D eigenvalue weighted by Crippen LogP contribution is -2.56. The van der Waals surface area contributed by atoms with E-state index in [1.165, 1.54) is 0 Å². The molecule has 5 rings (SSSR count). The van der Waals surface area contributed by atoms with Crippen LogP contribution in [0.4, 0.5) is 5.82 Å². The Morgan fingerprint density at radius 1 is 1.26 bits per heavy atom. The zero-order valence-corrected chi connectivity index (χ0v) is 20.0. The summed E-state index contributed by atoms with van der Waals surface area (Å²) in [6.45, 7) is 2.40. The van der Waals surface area contributed by atoms with Gasteiger partial charge in [-0.1, -0.05) is 11.6 Å². The van der Waals surface area contributed by atoms with Crippen molar-refractivity contribution in [2.45, 2.75) is 44.1 Å². The maximum atomic E-state index is 12.8. The topological polar surface area (TPSA) is 91.6 Å². The Morgan fingerprint density at radius 2 is 2.09 bits per heavy atom. The number of anilines is 1. The molecule has 3 heterocycles. The van der Waals surface area contributed by atoms with Crippen LogP contribution in [0.1, 0.15) is 49.3 Å². The zero-order chi connectivity index (χ0) is 23.7. The van der Waals surface area contributed by atoms with Crippen LogP contribution in [0.2, 0.25) is 5.15 Å². The van der Waals surface area contributed by atoms with Gasteiger partial charge in [-0.2, -0.15) is 5.26 Å². The van der Waals surface area contributed by atoms with Crippen LogP contribution in [0.3, 0.4) is 0 Å². The number of rotatable bonds is 8. The average molecular weight is 482 g/mol. The van der Waals surface area contributed by atoms with Crippen LogP contribution >= 0.6 is 11.6 Å². The van der Waals surface area contributed by atoms with Gasteiger partial charge in [0.15, 0.2) is 5.75 Å². The van der Waals surface area contributed by atoms with E-state index in [9.17, 15) is 10.1 Å². The molecule has 2 aliphatic carbocycles. The van der Waals surface area contributed by atoms with Crippen molar-refractivity contribution in [1.82, 2.24) is 14.9 Å². The highest BCUT2D eigenvalue weighted by Gasteiger charge is 2.41. The van der Waals surface area contributed by atoms with Gasteiger partial charge in [-0.25, -0.2) is 9.97 Å². The second-order valence-corrected chi connectivity index (χ2v) is 9.61. The number of nitriles is 1. The van der Waals surface area contributed by atoms with Crippen LogP contribution in [0.25, 0.3) is 0 Å². The van der Waals surface area contributed by atoms with E-state index in [4.69, 9.17) is 26.1 Å². The van der Waals surface area contributed by atoms with Crippen molar-refractivity contribution in [3.63, 3.8) is 0 Å². The van der Waals surface area contributed by atoms with Gasteiger partial charge in [-0.15, -0.1) is 0 Å². The molecule has 2 aromatic heterocycles. The summed E-state index contributed by atoms with van der Waals surface area (Å²) in [5.74, 6) is 2.84. The van der Waals surface area contributed by atoms with Crippen LogP contribution in [0.5, 0.6) is 11.5 Å². The lowest BCUT2D eigenvalue weighted by atomic mass is 10.0. The number of carbonyl (C=O) groups is 1. The molecule has 0 N–H and O–H groups in total. The Morgan fingerprint density at radius 3 is 2.76 bits per heavy atom. The highest BCUT2D eigenvalue weighted by molar-refractivity contribution is 6.29. The molecular formula is C25H28ClN5O3. The van der Waals surface area contributed by atoms with Crippen LogP contribution in [-0.4, -0.2) is 60.2 Å². The van der Waals surface area contributed by atoms with Crippen molar-refractivity contribution in [2.75, 3.05) is 38.3 Å². The predicted molar refractivity (Wildman–Crippen MR) is 127 cm³/mol. The van der Waals surface area contributed by atoms with E-state index < -0.39 is 0 Å². The molecule has 1 aliphatic heterocycles. The number of nitrogens with zero attached hydrogens (tertiary/aromatic N) is 5. The van der Waals surface area contributed by atoms with Crippen molar-refractivity contribution in [2.24, 2.45) is 5.92 Å². The quantitative estimate of drug-likeness (QED) is 0.523. The first kappa shape index (κ1) is 22.9. The number of aromatic nitrogens is 2. The Balaban J connectivity index is 1.42. The maximum absolute atomic E-state index is 12.8. The first-order chi connectivity index (χ1) is 16.6. The molecule has 1 saturated heterocycles. The molecule has 0 unspecified atom stereocenters. The average Bonchev–Trinajstić information content (AvgIpc) is 3.75. The van der Waals surface area contributed by atoms with E-state index in [0.29, 0.717) is 72.5 Å². The fourth-order valence-corrected chi connectivity index (χ4v) is 4.82. The third kappa shape index (κ3) is 4.96. The monoisotopic (exact) mass is 481 g/mol. The Hall–Kier alpha value is -2.89. The van der Waals surface area contributed by atoms with Gasteiger partial charge in [0.25, 0.3) is 0 Å².